The number of benzene rings is 2. The number of fused-ring (bicyclic) bond motifs is 4. The number of unbranched alkanes of at least 4 members (excludes halogenated alkanes) is 2. The molecule has 2 aliphatic rings. The molecule has 1 unspecified atom stereocenters. The van der Waals surface area contributed by atoms with Gasteiger partial charge in [0.1, 0.15) is 6.04 Å². The SMILES string of the molecule is CCCCN(CCCC)CCCN1CC(=O)N2C(c3ccc(C(C)C)cc3)c3[nH]c4ccccc4c3C[C@H]2C1=O. The lowest BCUT2D eigenvalue weighted by Gasteiger charge is -2.47. The Kier molecular flexibility index (Phi) is 8.94. The van der Waals surface area contributed by atoms with Gasteiger partial charge >= 0.3 is 0 Å². The lowest BCUT2D eigenvalue weighted by atomic mass is 9.85. The van der Waals surface area contributed by atoms with Crippen LogP contribution in [-0.4, -0.2) is 70.3 Å². The third-order valence-electron chi connectivity index (χ3n) is 8.82. The van der Waals surface area contributed by atoms with Crippen molar-refractivity contribution in [1.82, 2.24) is 19.7 Å². The Morgan fingerprint density at radius 2 is 1.60 bits per heavy atom. The molecule has 0 saturated carbocycles. The summed E-state index contributed by atoms with van der Waals surface area (Å²) in [5.74, 6) is 0.567. The molecule has 0 aliphatic carbocycles. The molecule has 6 nitrogen and oxygen atoms in total. The van der Waals surface area contributed by atoms with Crippen LogP contribution < -0.4 is 0 Å². The Balaban J connectivity index is 1.41. The average molecular weight is 543 g/mol. The van der Waals surface area contributed by atoms with Gasteiger partial charge < -0.3 is 19.7 Å². The average Bonchev–Trinajstić information content (AvgIpc) is 3.34. The largest absolute Gasteiger partial charge is 0.356 e. The van der Waals surface area contributed by atoms with E-state index in [4.69, 9.17) is 0 Å². The zero-order valence-electron chi connectivity index (χ0n) is 24.8. The topological polar surface area (TPSA) is 59.6 Å². The highest BCUT2D eigenvalue weighted by Gasteiger charge is 2.48. The molecule has 1 aromatic heterocycles. The summed E-state index contributed by atoms with van der Waals surface area (Å²) in [6.07, 6.45) is 6.24. The van der Waals surface area contributed by atoms with Crippen LogP contribution >= 0.6 is 0 Å². The summed E-state index contributed by atoms with van der Waals surface area (Å²) in [6.45, 7) is 12.8. The van der Waals surface area contributed by atoms with Crippen LogP contribution in [0, 0.1) is 0 Å². The highest BCUT2D eigenvalue weighted by Crippen LogP contribution is 2.42. The van der Waals surface area contributed by atoms with Gasteiger partial charge in [-0.15, -0.1) is 0 Å². The van der Waals surface area contributed by atoms with Crippen LogP contribution in [-0.2, 0) is 16.0 Å². The number of rotatable bonds is 12. The monoisotopic (exact) mass is 542 g/mol. The van der Waals surface area contributed by atoms with Gasteiger partial charge in [-0.05, 0) is 67.6 Å². The predicted octanol–water partition coefficient (Wildman–Crippen LogP) is 6.27. The van der Waals surface area contributed by atoms with Crippen molar-refractivity contribution in [3.8, 4) is 0 Å². The van der Waals surface area contributed by atoms with Crippen molar-refractivity contribution in [3.05, 3.63) is 70.9 Å². The minimum atomic E-state index is -0.473. The molecule has 40 heavy (non-hydrogen) atoms. The maximum Gasteiger partial charge on any atom is 0.246 e. The Bertz CT molecular complexity index is 1300. The summed E-state index contributed by atoms with van der Waals surface area (Å²) in [4.78, 5) is 37.8. The normalized spacial score (nSPS) is 19.1. The molecule has 1 N–H and O–H groups in total. The lowest BCUT2D eigenvalue weighted by molar-refractivity contribution is -0.158. The molecular weight excluding hydrogens is 496 g/mol. The van der Waals surface area contributed by atoms with Gasteiger partial charge in [0.15, 0.2) is 0 Å². The van der Waals surface area contributed by atoms with Gasteiger partial charge in [-0.25, -0.2) is 0 Å². The number of amides is 2. The molecule has 3 aromatic rings. The van der Waals surface area contributed by atoms with E-state index in [1.54, 1.807) is 0 Å². The summed E-state index contributed by atoms with van der Waals surface area (Å²) in [5, 5.41) is 1.15. The maximum absolute atomic E-state index is 14.0. The lowest BCUT2D eigenvalue weighted by Crippen LogP contribution is -2.63. The van der Waals surface area contributed by atoms with Crippen LogP contribution in [0.25, 0.3) is 10.9 Å². The van der Waals surface area contributed by atoms with E-state index in [1.807, 2.05) is 15.9 Å². The van der Waals surface area contributed by atoms with Crippen molar-refractivity contribution in [2.24, 2.45) is 0 Å². The van der Waals surface area contributed by atoms with Gasteiger partial charge in [0.05, 0.1) is 12.6 Å². The zero-order valence-corrected chi connectivity index (χ0v) is 24.8. The van der Waals surface area contributed by atoms with Crippen LogP contribution in [0.4, 0.5) is 0 Å². The van der Waals surface area contributed by atoms with Crippen LogP contribution in [0.5, 0.6) is 0 Å². The number of para-hydroxylation sites is 1. The van der Waals surface area contributed by atoms with Crippen molar-refractivity contribution in [2.45, 2.75) is 84.2 Å². The first-order chi connectivity index (χ1) is 19.4. The van der Waals surface area contributed by atoms with E-state index in [2.05, 4.69) is 80.0 Å². The molecule has 1 fully saturated rings. The molecule has 1 saturated heterocycles. The summed E-state index contributed by atoms with van der Waals surface area (Å²) in [6, 6.07) is 16.2. The highest BCUT2D eigenvalue weighted by molar-refractivity contribution is 5.97. The van der Waals surface area contributed by atoms with Crippen LogP contribution in [0.15, 0.2) is 48.5 Å². The fourth-order valence-corrected chi connectivity index (χ4v) is 6.51. The van der Waals surface area contributed by atoms with E-state index in [9.17, 15) is 9.59 Å². The number of carbonyl (C=O) groups excluding carboxylic acids is 2. The van der Waals surface area contributed by atoms with Crippen molar-refractivity contribution >= 4 is 22.7 Å². The molecule has 5 rings (SSSR count). The number of aromatic amines is 1. The van der Waals surface area contributed by atoms with E-state index >= 15 is 0 Å². The van der Waals surface area contributed by atoms with Gasteiger partial charge in [0, 0.05) is 29.6 Å². The predicted molar refractivity (Wildman–Crippen MR) is 162 cm³/mol. The minimum Gasteiger partial charge on any atom is -0.356 e. The van der Waals surface area contributed by atoms with E-state index in [1.165, 1.54) is 36.8 Å². The number of piperazine rings is 1. The second kappa shape index (κ2) is 12.6. The summed E-state index contributed by atoms with van der Waals surface area (Å²) in [7, 11) is 0. The Labute approximate surface area is 239 Å². The molecule has 0 radical (unpaired) electrons. The van der Waals surface area contributed by atoms with Crippen LogP contribution in [0.3, 0.4) is 0 Å². The van der Waals surface area contributed by atoms with Gasteiger partial charge in [-0.3, -0.25) is 9.59 Å². The number of carbonyl (C=O) groups is 2. The third-order valence-corrected chi connectivity index (χ3v) is 8.82. The third kappa shape index (κ3) is 5.69. The van der Waals surface area contributed by atoms with Gasteiger partial charge in [-0.2, -0.15) is 0 Å². The Hall–Kier alpha value is -3.12. The van der Waals surface area contributed by atoms with E-state index in [0.717, 1.165) is 48.2 Å². The molecule has 2 amide bonds. The number of hydrogen-bond acceptors (Lipinski definition) is 3. The molecule has 6 heteroatoms. The van der Waals surface area contributed by atoms with Crippen molar-refractivity contribution in [3.63, 3.8) is 0 Å². The van der Waals surface area contributed by atoms with Gasteiger partial charge in [0.25, 0.3) is 0 Å². The quantitative estimate of drug-likeness (QED) is 0.294. The summed E-state index contributed by atoms with van der Waals surface area (Å²) in [5.41, 5.74) is 5.60. The zero-order chi connectivity index (χ0) is 28.2. The van der Waals surface area contributed by atoms with Gasteiger partial charge in [0.2, 0.25) is 11.8 Å². The molecule has 2 atom stereocenters. The van der Waals surface area contributed by atoms with Crippen molar-refractivity contribution < 1.29 is 9.59 Å². The summed E-state index contributed by atoms with van der Waals surface area (Å²) < 4.78 is 0. The number of hydrogen-bond donors (Lipinski definition) is 1. The van der Waals surface area contributed by atoms with Crippen molar-refractivity contribution in [1.29, 1.82) is 0 Å². The Morgan fingerprint density at radius 3 is 2.27 bits per heavy atom. The van der Waals surface area contributed by atoms with Gasteiger partial charge in [-0.1, -0.05) is 83.0 Å². The summed E-state index contributed by atoms with van der Waals surface area (Å²) >= 11 is 0. The molecule has 2 aliphatic heterocycles. The number of H-pyrrole nitrogens is 1. The number of nitrogens with one attached hydrogen (secondary N) is 1. The molecule has 3 heterocycles. The first-order valence-corrected chi connectivity index (χ1v) is 15.4. The van der Waals surface area contributed by atoms with Crippen LogP contribution in [0.2, 0.25) is 0 Å². The fourth-order valence-electron chi connectivity index (χ4n) is 6.51. The minimum absolute atomic E-state index is 0.0423. The first kappa shape index (κ1) is 28.4. The standard InChI is InChI=1S/C34H46N4O2/c1-5-7-18-36(19-8-6-2)20-11-21-37-23-31(39)38-30(34(37)40)22-28-27-12-9-10-13-29(27)35-32(28)33(38)26-16-14-25(15-17-26)24(3)4/h9-10,12-17,24,30,33,35H,5-8,11,18-23H2,1-4H3/t30-,33?/m0/s1. The molecule has 0 bridgehead atoms. The van der Waals surface area contributed by atoms with Crippen LogP contribution in [0.1, 0.15) is 94.1 Å². The van der Waals surface area contributed by atoms with E-state index in [-0.39, 0.29) is 24.4 Å². The smallest absolute Gasteiger partial charge is 0.246 e. The van der Waals surface area contributed by atoms with E-state index < -0.39 is 6.04 Å². The Morgan fingerprint density at radius 1 is 0.925 bits per heavy atom. The molecule has 214 valence electrons. The van der Waals surface area contributed by atoms with E-state index in [0.29, 0.717) is 18.9 Å². The van der Waals surface area contributed by atoms with Crippen molar-refractivity contribution in [2.75, 3.05) is 32.7 Å². The molecule has 2 aromatic carbocycles. The number of aromatic nitrogens is 1. The highest BCUT2D eigenvalue weighted by atomic mass is 16.2. The molecular formula is C34H46N4O2. The second-order valence-corrected chi connectivity index (χ2v) is 12.0. The second-order valence-electron chi connectivity index (χ2n) is 12.0. The molecule has 0 spiro atoms. The fraction of sp³-hybridized carbons (Fsp3) is 0.529. The first-order valence-electron chi connectivity index (χ1n) is 15.4. The maximum atomic E-state index is 14.0. The number of nitrogens with zero attached hydrogens (tertiary/aromatic N) is 3.